The van der Waals surface area contributed by atoms with Gasteiger partial charge in [-0.1, -0.05) is 139 Å². The molecule has 0 atom stereocenters. The molecule has 0 aliphatic carbocycles. The molecule has 0 amide bonds. The Hall–Kier alpha value is -5.76. The molecule has 0 spiro atoms. The number of aromatic hydroxyl groups is 4. The summed E-state index contributed by atoms with van der Waals surface area (Å²) in [4.78, 5) is 17.6. The Balaban J connectivity index is 0.000000348. The molecule has 332 valence electrons. The Morgan fingerprint density at radius 2 is 0.758 bits per heavy atom. The van der Waals surface area contributed by atoms with Gasteiger partial charge in [0.05, 0.1) is 6.54 Å². The van der Waals surface area contributed by atoms with E-state index in [0.717, 1.165) is 23.2 Å². The second kappa shape index (κ2) is 25.9. The number of para-hydroxylation sites is 4. The Kier molecular flexibility index (Phi) is 21.9. The van der Waals surface area contributed by atoms with Crippen molar-refractivity contribution in [2.75, 3.05) is 6.54 Å². The number of phenolic OH excluding ortho intramolecular Hbond substituents is 4. The average molecular weight is 930 g/mol. The summed E-state index contributed by atoms with van der Waals surface area (Å²) in [6, 6.07) is 45.2. The van der Waals surface area contributed by atoms with Crippen LogP contribution in [0, 0.1) is 0 Å². The van der Waals surface area contributed by atoms with Crippen LogP contribution < -0.4 is 0 Å². The van der Waals surface area contributed by atoms with Gasteiger partial charge in [0.2, 0.25) is 0 Å². The zero-order valence-electron chi connectivity index (χ0n) is 36.3. The van der Waals surface area contributed by atoms with Gasteiger partial charge in [-0.15, -0.1) is 0 Å². The fraction of sp³-hybridized carbons (Fsp3) is 0.231. The van der Waals surface area contributed by atoms with Crippen molar-refractivity contribution in [3.63, 3.8) is 0 Å². The molecule has 2 radical (unpaired) electrons. The molecule has 0 aliphatic rings. The fourth-order valence-corrected chi connectivity index (χ4v) is 5.60. The van der Waals surface area contributed by atoms with Gasteiger partial charge in [0, 0.05) is 87.8 Å². The zero-order chi connectivity index (χ0) is 43.5. The van der Waals surface area contributed by atoms with Gasteiger partial charge in [0.1, 0.15) is 23.0 Å². The predicted octanol–water partition coefficient (Wildman–Crippen LogP) is 11.8. The predicted molar refractivity (Wildman–Crippen MR) is 250 cm³/mol. The van der Waals surface area contributed by atoms with E-state index in [-0.39, 0.29) is 68.0 Å². The van der Waals surface area contributed by atoms with Gasteiger partial charge in [-0.05, 0) is 88.5 Å². The van der Waals surface area contributed by atoms with E-state index in [9.17, 15) is 20.4 Å². The van der Waals surface area contributed by atoms with E-state index >= 15 is 0 Å². The zero-order valence-corrected chi connectivity index (χ0v) is 38.2. The van der Waals surface area contributed by atoms with Crippen LogP contribution >= 0.6 is 0 Å². The number of benzene rings is 6. The number of aliphatic imine (C=N–C) groups is 4. The van der Waals surface area contributed by atoms with Crippen molar-refractivity contribution in [2.45, 2.75) is 72.0 Å². The van der Waals surface area contributed by atoms with E-state index in [0.29, 0.717) is 17.7 Å². The topological polar surface area (TPSA) is 130 Å². The Morgan fingerprint density at radius 1 is 0.435 bits per heavy atom. The van der Waals surface area contributed by atoms with E-state index in [4.69, 9.17) is 0 Å². The van der Waals surface area contributed by atoms with Crippen molar-refractivity contribution in [1.82, 2.24) is 0 Å². The number of hydrogen-bond acceptors (Lipinski definition) is 8. The quantitative estimate of drug-likeness (QED) is 0.0805. The van der Waals surface area contributed by atoms with Crippen LogP contribution in [0.4, 0.5) is 0 Å². The molecule has 8 nitrogen and oxygen atoms in total. The van der Waals surface area contributed by atoms with Crippen molar-refractivity contribution in [3.8, 4) is 23.0 Å². The summed E-state index contributed by atoms with van der Waals surface area (Å²) in [6.45, 7) is 16.5. The third-order valence-electron chi connectivity index (χ3n) is 9.27. The molecular formula is C52H58Cu2N4O4. The average Bonchev–Trinajstić information content (AvgIpc) is 3.22. The minimum absolute atomic E-state index is 0. The third kappa shape index (κ3) is 17.3. The first-order valence-corrected chi connectivity index (χ1v) is 20.0. The Bertz CT molecular complexity index is 2310. The SMILES string of the molecule is CC(C)(C)c1ccc(C(/N=C/c2ccccc2O)/N=C/c2ccccc2O)cc1.CC(C)(C)c1ccc(CN=Cc2ccccc2O)cc1.CCN=Cc1ccccc1O.[Cu].[Cu]. The summed E-state index contributed by atoms with van der Waals surface area (Å²) in [5.41, 5.74) is 7.67. The van der Waals surface area contributed by atoms with Crippen LogP contribution in [-0.4, -0.2) is 51.8 Å². The van der Waals surface area contributed by atoms with Crippen molar-refractivity contribution in [1.29, 1.82) is 0 Å². The smallest absolute Gasteiger partial charge is 0.165 e. The summed E-state index contributed by atoms with van der Waals surface area (Å²) >= 11 is 0. The van der Waals surface area contributed by atoms with Crippen molar-refractivity contribution in [3.05, 3.63) is 190 Å². The summed E-state index contributed by atoms with van der Waals surface area (Å²) in [6.07, 6.45) is 6.14. The third-order valence-corrected chi connectivity index (χ3v) is 9.27. The van der Waals surface area contributed by atoms with Crippen LogP contribution in [0.3, 0.4) is 0 Å². The van der Waals surface area contributed by atoms with E-state index in [1.54, 1.807) is 85.5 Å². The van der Waals surface area contributed by atoms with Gasteiger partial charge < -0.3 is 20.4 Å². The van der Waals surface area contributed by atoms with Crippen molar-refractivity contribution < 1.29 is 54.6 Å². The molecule has 0 aliphatic heterocycles. The minimum Gasteiger partial charge on any atom is -0.507 e. The standard InChI is InChI=1S/C25H26N2O2.C18H21NO.C9H11NO.2Cu/c1-25(2,3)21-14-12-18(13-15-21)24(26-16-19-8-4-6-10-22(19)28)27-17-20-9-5-7-11-23(20)29;1-18(2,3)16-10-8-14(9-11-16)12-19-13-15-6-4-5-7-17(15)20;1-2-10-7-8-5-3-4-6-9(8)11;;/h4-17,24,28-29H,1-3H3;4-11,13,20H,12H2,1-3H3;3-7,11H,2H2,1H3;;/b26-16+,27-17+;;;;. The maximum absolute atomic E-state index is 10.0. The van der Waals surface area contributed by atoms with Crippen LogP contribution in [0.1, 0.15) is 99.1 Å². The van der Waals surface area contributed by atoms with Crippen LogP contribution in [0.25, 0.3) is 0 Å². The maximum Gasteiger partial charge on any atom is 0.165 e. The molecule has 6 rings (SSSR count). The number of nitrogens with zero attached hydrogens (tertiary/aromatic N) is 4. The van der Waals surface area contributed by atoms with Gasteiger partial charge >= 0.3 is 0 Å². The van der Waals surface area contributed by atoms with Crippen molar-refractivity contribution in [2.24, 2.45) is 20.0 Å². The molecule has 4 N–H and O–H groups in total. The summed E-state index contributed by atoms with van der Waals surface area (Å²) < 4.78 is 0. The second-order valence-electron chi connectivity index (χ2n) is 16.1. The maximum atomic E-state index is 10.0. The molecule has 0 bridgehead atoms. The second-order valence-corrected chi connectivity index (χ2v) is 16.1. The van der Waals surface area contributed by atoms with Gasteiger partial charge in [0.25, 0.3) is 0 Å². The number of phenols is 4. The van der Waals surface area contributed by atoms with E-state index < -0.39 is 6.17 Å². The Labute approximate surface area is 389 Å². The first kappa shape index (κ1) is 52.4. The Morgan fingerprint density at radius 3 is 1.10 bits per heavy atom. The van der Waals surface area contributed by atoms with E-state index in [1.165, 1.54) is 16.7 Å². The summed E-state index contributed by atoms with van der Waals surface area (Å²) in [5, 5.41) is 38.9. The minimum atomic E-state index is -0.497. The van der Waals surface area contributed by atoms with Gasteiger partial charge in [-0.2, -0.15) is 0 Å². The molecule has 62 heavy (non-hydrogen) atoms. The van der Waals surface area contributed by atoms with Crippen LogP contribution in [-0.2, 0) is 51.5 Å². The van der Waals surface area contributed by atoms with Crippen LogP contribution in [0.5, 0.6) is 23.0 Å². The molecule has 6 aromatic rings. The van der Waals surface area contributed by atoms with Crippen LogP contribution in [0.2, 0.25) is 0 Å². The normalized spacial score (nSPS) is 11.5. The first-order chi connectivity index (χ1) is 28.7. The first-order valence-electron chi connectivity index (χ1n) is 20.0. The van der Waals surface area contributed by atoms with Gasteiger partial charge in [-0.3, -0.25) is 20.0 Å². The molecule has 0 unspecified atom stereocenters. The van der Waals surface area contributed by atoms with E-state index in [2.05, 4.69) is 97.9 Å². The molecule has 0 saturated heterocycles. The van der Waals surface area contributed by atoms with E-state index in [1.807, 2.05) is 55.5 Å². The fourth-order valence-electron chi connectivity index (χ4n) is 5.60. The molecule has 0 fully saturated rings. The molecule has 0 aromatic heterocycles. The van der Waals surface area contributed by atoms with Gasteiger partial charge in [0.15, 0.2) is 6.17 Å². The van der Waals surface area contributed by atoms with Crippen molar-refractivity contribution >= 4 is 24.9 Å². The summed E-state index contributed by atoms with van der Waals surface area (Å²) in [7, 11) is 0. The van der Waals surface area contributed by atoms with Crippen LogP contribution in [0.15, 0.2) is 166 Å². The number of hydrogen-bond donors (Lipinski definition) is 4. The molecule has 6 aromatic carbocycles. The monoisotopic (exact) mass is 928 g/mol. The molecule has 10 heteroatoms. The number of rotatable bonds is 10. The largest absolute Gasteiger partial charge is 0.507 e. The molecule has 0 heterocycles. The van der Waals surface area contributed by atoms with Gasteiger partial charge in [-0.25, -0.2) is 0 Å². The molecular weight excluding hydrogens is 872 g/mol. The molecule has 0 saturated carbocycles. The summed E-state index contributed by atoms with van der Waals surface area (Å²) in [5.74, 6) is 0.884.